The van der Waals surface area contributed by atoms with E-state index in [1.54, 1.807) is 0 Å². The van der Waals surface area contributed by atoms with Crippen LogP contribution < -0.4 is 16.0 Å². The molecular formula is C11H14ClN3O. The number of carbonyl (C=O) groups excluding carboxylic acids is 1. The first-order valence-corrected chi connectivity index (χ1v) is 5.46. The van der Waals surface area contributed by atoms with Gasteiger partial charge in [-0.25, -0.2) is 0 Å². The van der Waals surface area contributed by atoms with E-state index in [1.165, 1.54) is 0 Å². The molecule has 0 spiro atoms. The Morgan fingerprint density at radius 1 is 1.56 bits per heavy atom. The summed E-state index contributed by atoms with van der Waals surface area (Å²) in [5, 5.41) is 3.36. The van der Waals surface area contributed by atoms with Crippen LogP contribution in [-0.4, -0.2) is 25.5 Å². The molecule has 4 nitrogen and oxygen atoms in total. The zero-order chi connectivity index (χ0) is 11.9. The lowest BCUT2D eigenvalue weighted by molar-refractivity contribution is -0.117. The molecule has 0 aliphatic carbocycles. The number of rotatable bonds is 1. The number of hydrogen-bond donors (Lipinski definition) is 2. The van der Waals surface area contributed by atoms with Crippen molar-refractivity contribution in [2.24, 2.45) is 5.73 Å². The Balaban J connectivity index is 2.55. The van der Waals surface area contributed by atoms with Crippen molar-refractivity contribution in [3.8, 4) is 0 Å². The molecular weight excluding hydrogens is 226 g/mol. The summed E-state index contributed by atoms with van der Waals surface area (Å²) in [6.45, 7) is 2.25. The van der Waals surface area contributed by atoms with Crippen LogP contribution in [0.4, 0.5) is 11.4 Å². The molecule has 1 atom stereocenters. The van der Waals surface area contributed by atoms with E-state index in [9.17, 15) is 4.79 Å². The van der Waals surface area contributed by atoms with Gasteiger partial charge in [0.1, 0.15) is 6.04 Å². The van der Waals surface area contributed by atoms with Crippen LogP contribution in [0.25, 0.3) is 0 Å². The second-order valence-corrected chi connectivity index (χ2v) is 4.40. The minimum absolute atomic E-state index is 0.108. The van der Waals surface area contributed by atoms with Crippen LogP contribution in [0.3, 0.4) is 0 Å². The SMILES string of the molecule is Cc1cc(Cl)c2c(c1)N(C)C(CN)C(=O)N2. The molecule has 1 aromatic rings. The smallest absolute Gasteiger partial charge is 0.248 e. The van der Waals surface area contributed by atoms with Gasteiger partial charge in [-0.15, -0.1) is 0 Å². The summed E-state index contributed by atoms with van der Waals surface area (Å²) in [5.41, 5.74) is 8.23. The van der Waals surface area contributed by atoms with Crippen LogP contribution >= 0.6 is 11.6 Å². The number of carbonyl (C=O) groups is 1. The van der Waals surface area contributed by atoms with Crippen molar-refractivity contribution in [2.45, 2.75) is 13.0 Å². The maximum absolute atomic E-state index is 11.7. The Morgan fingerprint density at radius 3 is 2.88 bits per heavy atom. The van der Waals surface area contributed by atoms with Crippen LogP contribution in [0.5, 0.6) is 0 Å². The second-order valence-electron chi connectivity index (χ2n) is 3.99. The molecule has 0 bridgehead atoms. The highest BCUT2D eigenvalue weighted by Gasteiger charge is 2.30. The Hall–Kier alpha value is -1.26. The number of likely N-dealkylation sites (N-methyl/N-ethyl adjacent to an activating group) is 1. The number of benzene rings is 1. The fourth-order valence-electron chi connectivity index (χ4n) is 1.94. The Labute approximate surface area is 99.4 Å². The summed E-state index contributed by atoms with van der Waals surface area (Å²) in [6, 6.07) is 3.49. The van der Waals surface area contributed by atoms with Gasteiger partial charge >= 0.3 is 0 Å². The quantitative estimate of drug-likeness (QED) is 0.778. The van der Waals surface area contributed by atoms with E-state index in [-0.39, 0.29) is 18.5 Å². The van der Waals surface area contributed by atoms with Crippen LogP contribution in [0, 0.1) is 6.92 Å². The number of amides is 1. The largest absolute Gasteiger partial charge is 0.360 e. The molecule has 1 unspecified atom stereocenters. The lowest BCUT2D eigenvalue weighted by Crippen LogP contribution is -2.50. The molecule has 1 aliphatic heterocycles. The van der Waals surface area contributed by atoms with Crippen LogP contribution in [0.1, 0.15) is 5.56 Å². The Bertz CT molecular complexity index is 447. The van der Waals surface area contributed by atoms with Crippen molar-refractivity contribution in [3.05, 3.63) is 22.7 Å². The molecule has 0 fully saturated rings. The molecule has 1 aromatic carbocycles. The van der Waals surface area contributed by atoms with E-state index < -0.39 is 0 Å². The molecule has 1 amide bonds. The zero-order valence-corrected chi connectivity index (χ0v) is 10.0. The van der Waals surface area contributed by atoms with Gasteiger partial charge in [-0.2, -0.15) is 0 Å². The highest BCUT2D eigenvalue weighted by molar-refractivity contribution is 6.35. The third kappa shape index (κ3) is 1.64. The van der Waals surface area contributed by atoms with Gasteiger partial charge in [-0.1, -0.05) is 11.6 Å². The number of nitrogens with zero attached hydrogens (tertiary/aromatic N) is 1. The van der Waals surface area contributed by atoms with Crippen molar-refractivity contribution in [1.29, 1.82) is 0 Å². The Morgan fingerprint density at radius 2 is 2.25 bits per heavy atom. The van der Waals surface area contributed by atoms with E-state index in [0.29, 0.717) is 10.7 Å². The van der Waals surface area contributed by atoms with Gasteiger partial charge in [0.2, 0.25) is 5.91 Å². The molecule has 0 saturated carbocycles. The molecule has 1 aliphatic rings. The number of nitrogens with two attached hydrogens (primary N) is 1. The summed E-state index contributed by atoms with van der Waals surface area (Å²) in [5.74, 6) is -0.108. The van der Waals surface area contributed by atoms with Crippen LogP contribution in [-0.2, 0) is 4.79 Å². The molecule has 5 heteroatoms. The van der Waals surface area contributed by atoms with Gasteiger partial charge in [-0.3, -0.25) is 4.79 Å². The summed E-state index contributed by atoms with van der Waals surface area (Å²) in [7, 11) is 1.85. The van der Waals surface area contributed by atoms with Gasteiger partial charge in [-0.05, 0) is 24.6 Å². The van der Waals surface area contributed by atoms with Gasteiger partial charge in [0.25, 0.3) is 0 Å². The fraction of sp³-hybridized carbons (Fsp3) is 0.364. The van der Waals surface area contributed by atoms with E-state index in [0.717, 1.165) is 11.3 Å². The minimum atomic E-state index is -0.328. The van der Waals surface area contributed by atoms with Crippen LogP contribution in [0.15, 0.2) is 12.1 Å². The number of fused-ring (bicyclic) bond motifs is 1. The van der Waals surface area contributed by atoms with E-state index in [2.05, 4.69) is 5.32 Å². The highest BCUT2D eigenvalue weighted by Crippen LogP contribution is 2.37. The molecule has 1 heterocycles. The molecule has 86 valence electrons. The van der Waals surface area contributed by atoms with E-state index in [1.807, 2.05) is 31.0 Å². The average molecular weight is 240 g/mol. The molecule has 2 rings (SSSR count). The van der Waals surface area contributed by atoms with E-state index in [4.69, 9.17) is 17.3 Å². The first-order valence-electron chi connectivity index (χ1n) is 5.08. The predicted molar refractivity (Wildman–Crippen MR) is 66.1 cm³/mol. The standard InChI is InChI=1S/C11H14ClN3O/c1-6-3-7(12)10-8(4-6)15(2)9(5-13)11(16)14-10/h3-4,9H,5,13H2,1-2H3,(H,14,16). The number of aryl methyl sites for hydroxylation is 1. The lowest BCUT2D eigenvalue weighted by atomic mass is 10.1. The maximum atomic E-state index is 11.7. The van der Waals surface area contributed by atoms with Gasteiger partial charge < -0.3 is 16.0 Å². The zero-order valence-electron chi connectivity index (χ0n) is 9.25. The number of nitrogens with one attached hydrogen (secondary N) is 1. The van der Waals surface area contributed by atoms with Gasteiger partial charge in [0.05, 0.1) is 16.4 Å². The molecule has 0 saturated heterocycles. The third-order valence-electron chi connectivity index (χ3n) is 2.84. The van der Waals surface area contributed by atoms with Crippen molar-refractivity contribution < 1.29 is 4.79 Å². The van der Waals surface area contributed by atoms with Crippen molar-refractivity contribution in [2.75, 3.05) is 23.8 Å². The topological polar surface area (TPSA) is 58.4 Å². The number of hydrogen-bond acceptors (Lipinski definition) is 3. The third-order valence-corrected chi connectivity index (χ3v) is 3.13. The van der Waals surface area contributed by atoms with Crippen molar-refractivity contribution >= 4 is 28.9 Å². The van der Waals surface area contributed by atoms with Gasteiger partial charge in [0, 0.05) is 13.6 Å². The fourth-order valence-corrected chi connectivity index (χ4v) is 2.26. The minimum Gasteiger partial charge on any atom is -0.360 e. The number of halogens is 1. The summed E-state index contributed by atoms with van der Waals surface area (Å²) in [4.78, 5) is 13.6. The predicted octanol–water partition coefficient (Wildman–Crippen LogP) is 1.36. The lowest BCUT2D eigenvalue weighted by Gasteiger charge is -2.35. The summed E-state index contributed by atoms with van der Waals surface area (Å²) >= 11 is 6.10. The molecule has 0 radical (unpaired) electrons. The van der Waals surface area contributed by atoms with Crippen molar-refractivity contribution in [1.82, 2.24) is 0 Å². The molecule has 3 N–H and O–H groups in total. The maximum Gasteiger partial charge on any atom is 0.248 e. The van der Waals surface area contributed by atoms with Crippen LogP contribution in [0.2, 0.25) is 5.02 Å². The second kappa shape index (κ2) is 3.96. The summed E-state index contributed by atoms with van der Waals surface area (Å²) in [6.07, 6.45) is 0. The number of anilines is 2. The molecule has 16 heavy (non-hydrogen) atoms. The van der Waals surface area contributed by atoms with E-state index >= 15 is 0 Å². The monoisotopic (exact) mass is 239 g/mol. The highest BCUT2D eigenvalue weighted by atomic mass is 35.5. The first-order chi connectivity index (χ1) is 7.54. The first kappa shape index (κ1) is 11.2. The Kier molecular flexibility index (Phi) is 2.78. The molecule has 0 aromatic heterocycles. The average Bonchev–Trinajstić information content (AvgIpc) is 2.21. The summed E-state index contributed by atoms with van der Waals surface area (Å²) < 4.78 is 0. The van der Waals surface area contributed by atoms with Gasteiger partial charge in [0.15, 0.2) is 0 Å². The van der Waals surface area contributed by atoms with Crippen molar-refractivity contribution in [3.63, 3.8) is 0 Å². The normalized spacial score (nSPS) is 19.4.